The van der Waals surface area contributed by atoms with Gasteiger partial charge in [0, 0.05) is 19.8 Å². The minimum atomic E-state index is -0.541. The summed E-state index contributed by atoms with van der Waals surface area (Å²) in [7, 11) is 3.85. The molecule has 4 rings (SSSR count). The van der Waals surface area contributed by atoms with Crippen molar-refractivity contribution in [2.75, 3.05) is 19.0 Å². The molecule has 7 heteroatoms. The van der Waals surface area contributed by atoms with Crippen LogP contribution in [0.4, 0.5) is 5.69 Å². The molecule has 25 heavy (non-hydrogen) atoms. The van der Waals surface area contributed by atoms with E-state index < -0.39 is 11.2 Å². The third-order valence-corrected chi connectivity index (χ3v) is 4.01. The van der Waals surface area contributed by atoms with Crippen molar-refractivity contribution in [1.82, 2.24) is 19.5 Å². The Morgan fingerprint density at radius 3 is 2.44 bits per heavy atom. The highest BCUT2D eigenvalue weighted by Crippen LogP contribution is 2.19. The van der Waals surface area contributed by atoms with E-state index >= 15 is 0 Å². The van der Waals surface area contributed by atoms with Gasteiger partial charge in [0.25, 0.3) is 5.56 Å². The van der Waals surface area contributed by atoms with Gasteiger partial charge in [-0.05, 0) is 30.3 Å². The quantitative estimate of drug-likeness (QED) is 0.564. The molecule has 0 aliphatic heterocycles. The van der Waals surface area contributed by atoms with Crippen LogP contribution in [-0.2, 0) is 0 Å². The Hall–Kier alpha value is -3.48. The Bertz CT molecular complexity index is 1210. The number of H-pyrrole nitrogens is 1. The molecular weight excluding hydrogens is 318 g/mol. The molecule has 2 aromatic carbocycles. The van der Waals surface area contributed by atoms with E-state index in [0.29, 0.717) is 16.7 Å². The summed E-state index contributed by atoms with van der Waals surface area (Å²) in [5.41, 5.74) is 1.95. The van der Waals surface area contributed by atoms with Crippen molar-refractivity contribution in [2.24, 2.45) is 0 Å². The van der Waals surface area contributed by atoms with Gasteiger partial charge >= 0.3 is 5.69 Å². The first-order valence-electron chi connectivity index (χ1n) is 7.74. The van der Waals surface area contributed by atoms with E-state index in [-0.39, 0.29) is 11.2 Å². The molecule has 0 atom stereocenters. The van der Waals surface area contributed by atoms with Crippen LogP contribution in [-0.4, -0.2) is 33.6 Å². The number of fused-ring (bicyclic) bond motifs is 2. The lowest BCUT2D eigenvalue weighted by Gasteiger charge is -2.12. The molecule has 2 heterocycles. The fraction of sp³-hybridized carbons (Fsp3) is 0.111. The number of para-hydroxylation sites is 1. The molecule has 0 radical (unpaired) electrons. The van der Waals surface area contributed by atoms with Crippen molar-refractivity contribution >= 4 is 27.9 Å². The Labute approximate surface area is 142 Å². The maximum Gasteiger partial charge on any atom is 0.334 e. The highest BCUT2D eigenvalue weighted by molar-refractivity contribution is 5.86. The summed E-state index contributed by atoms with van der Waals surface area (Å²) in [4.78, 5) is 38.6. The summed E-state index contributed by atoms with van der Waals surface area (Å²) < 4.78 is 1.07. The van der Waals surface area contributed by atoms with Crippen molar-refractivity contribution in [3.8, 4) is 5.69 Å². The first kappa shape index (κ1) is 15.1. The second-order valence-corrected chi connectivity index (χ2v) is 5.89. The van der Waals surface area contributed by atoms with Crippen LogP contribution in [0.5, 0.6) is 0 Å². The van der Waals surface area contributed by atoms with E-state index in [1.807, 2.05) is 43.3 Å². The van der Waals surface area contributed by atoms with Gasteiger partial charge in [0.2, 0.25) is 0 Å². The summed E-state index contributed by atoms with van der Waals surface area (Å²) in [6.07, 6.45) is 0. The van der Waals surface area contributed by atoms with E-state index in [2.05, 4.69) is 15.0 Å². The third-order valence-electron chi connectivity index (χ3n) is 4.01. The minimum absolute atomic E-state index is 0.133. The zero-order valence-electron chi connectivity index (χ0n) is 13.7. The molecule has 0 aliphatic carbocycles. The van der Waals surface area contributed by atoms with Gasteiger partial charge in [0.15, 0.2) is 11.2 Å². The Morgan fingerprint density at radius 1 is 0.960 bits per heavy atom. The van der Waals surface area contributed by atoms with Gasteiger partial charge in [0.1, 0.15) is 0 Å². The summed E-state index contributed by atoms with van der Waals surface area (Å²) in [6.45, 7) is 0. The van der Waals surface area contributed by atoms with Gasteiger partial charge in [-0.25, -0.2) is 19.3 Å². The Balaban J connectivity index is 2.05. The summed E-state index contributed by atoms with van der Waals surface area (Å²) in [5, 5.41) is 0. The average Bonchev–Trinajstić information content (AvgIpc) is 2.61. The predicted octanol–water partition coefficient (Wildman–Crippen LogP) is 1.69. The lowest BCUT2D eigenvalue weighted by molar-refractivity contribution is 0.891. The van der Waals surface area contributed by atoms with Gasteiger partial charge in [0.05, 0.1) is 16.7 Å². The van der Waals surface area contributed by atoms with Crippen molar-refractivity contribution in [3.63, 3.8) is 0 Å². The number of hydrogen-bond acceptors (Lipinski definition) is 5. The van der Waals surface area contributed by atoms with Crippen LogP contribution in [0.3, 0.4) is 0 Å². The molecule has 0 fully saturated rings. The molecule has 0 bridgehead atoms. The van der Waals surface area contributed by atoms with Crippen LogP contribution >= 0.6 is 0 Å². The number of nitrogens with one attached hydrogen (secondary N) is 1. The second kappa shape index (κ2) is 5.55. The molecule has 0 spiro atoms. The van der Waals surface area contributed by atoms with Crippen LogP contribution in [0, 0.1) is 0 Å². The Morgan fingerprint density at radius 2 is 1.72 bits per heavy atom. The summed E-state index contributed by atoms with van der Waals surface area (Å²) in [5.74, 6) is 0. The van der Waals surface area contributed by atoms with Gasteiger partial charge in [-0.1, -0.05) is 18.2 Å². The number of aromatic amines is 1. The van der Waals surface area contributed by atoms with Gasteiger partial charge in [-0.2, -0.15) is 0 Å². The molecule has 4 aromatic rings. The molecule has 0 amide bonds. The van der Waals surface area contributed by atoms with Gasteiger partial charge in [-0.15, -0.1) is 0 Å². The molecule has 2 aromatic heterocycles. The third kappa shape index (κ3) is 2.46. The summed E-state index contributed by atoms with van der Waals surface area (Å²) >= 11 is 0. The van der Waals surface area contributed by atoms with E-state index in [1.54, 1.807) is 24.3 Å². The lowest BCUT2D eigenvalue weighted by Crippen LogP contribution is -2.34. The first-order chi connectivity index (χ1) is 12.0. The number of hydrogen-bond donors (Lipinski definition) is 1. The molecule has 1 N–H and O–H groups in total. The van der Waals surface area contributed by atoms with E-state index in [9.17, 15) is 9.59 Å². The lowest BCUT2D eigenvalue weighted by atomic mass is 10.2. The van der Waals surface area contributed by atoms with Crippen molar-refractivity contribution in [2.45, 2.75) is 0 Å². The van der Waals surface area contributed by atoms with Crippen molar-refractivity contribution in [1.29, 1.82) is 0 Å². The maximum atomic E-state index is 12.8. The van der Waals surface area contributed by atoms with Crippen molar-refractivity contribution in [3.05, 3.63) is 69.4 Å². The Kier molecular flexibility index (Phi) is 3.35. The van der Waals surface area contributed by atoms with Gasteiger partial charge < -0.3 is 4.90 Å². The van der Waals surface area contributed by atoms with Crippen LogP contribution in [0.25, 0.3) is 27.9 Å². The normalized spacial score (nSPS) is 11.1. The van der Waals surface area contributed by atoms with Crippen LogP contribution in [0.1, 0.15) is 0 Å². The molecule has 0 unspecified atom stereocenters. The summed E-state index contributed by atoms with van der Waals surface area (Å²) in [6, 6.07) is 14.3. The zero-order chi connectivity index (χ0) is 17.6. The molecule has 0 saturated heterocycles. The van der Waals surface area contributed by atoms with Crippen LogP contribution in [0.2, 0.25) is 0 Å². The number of benzene rings is 2. The standard InChI is InChI=1S/C18H15N5O2/c1-22(2)12-8-9-13-14(10-12)20-16-15(19-13)17(24)23(18(25)21-16)11-6-4-3-5-7-11/h3-10H,1-2H3,(H,20,21,25). The maximum absolute atomic E-state index is 12.8. The molecule has 0 aliphatic rings. The predicted molar refractivity (Wildman–Crippen MR) is 97.6 cm³/mol. The number of rotatable bonds is 2. The minimum Gasteiger partial charge on any atom is -0.378 e. The average molecular weight is 333 g/mol. The molecular formula is C18H15N5O2. The zero-order valence-corrected chi connectivity index (χ0v) is 13.7. The SMILES string of the molecule is CN(C)c1ccc2nc3c(=O)n(-c4ccccc4)c(=O)[nH]c3nc2c1. The second-order valence-electron chi connectivity index (χ2n) is 5.89. The fourth-order valence-corrected chi connectivity index (χ4v) is 2.72. The van der Waals surface area contributed by atoms with E-state index in [0.717, 1.165) is 10.3 Å². The van der Waals surface area contributed by atoms with Gasteiger partial charge in [-0.3, -0.25) is 9.78 Å². The molecule has 7 nitrogen and oxygen atoms in total. The smallest absolute Gasteiger partial charge is 0.334 e. The topological polar surface area (TPSA) is 83.9 Å². The number of nitrogens with zero attached hydrogens (tertiary/aromatic N) is 4. The van der Waals surface area contributed by atoms with Crippen LogP contribution in [0.15, 0.2) is 58.1 Å². The number of aromatic nitrogens is 4. The monoisotopic (exact) mass is 333 g/mol. The number of anilines is 1. The highest BCUT2D eigenvalue weighted by atomic mass is 16.2. The van der Waals surface area contributed by atoms with E-state index in [4.69, 9.17) is 0 Å². The highest BCUT2D eigenvalue weighted by Gasteiger charge is 2.13. The fourth-order valence-electron chi connectivity index (χ4n) is 2.72. The largest absolute Gasteiger partial charge is 0.378 e. The first-order valence-corrected chi connectivity index (χ1v) is 7.74. The van der Waals surface area contributed by atoms with E-state index in [1.165, 1.54) is 0 Å². The molecule has 0 saturated carbocycles. The molecule has 124 valence electrons. The van der Waals surface area contributed by atoms with Crippen LogP contribution < -0.4 is 16.1 Å². The van der Waals surface area contributed by atoms with Crippen molar-refractivity contribution < 1.29 is 0 Å².